The first-order valence-corrected chi connectivity index (χ1v) is 6.46. The van der Waals surface area contributed by atoms with Gasteiger partial charge in [0.25, 0.3) is 0 Å². The van der Waals surface area contributed by atoms with Gasteiger partial charge in [0.05, 0.1) is 11.1 Å². The molecule has 3 nitrogen and oxygen atoms in total. The smallest absolute Gasteiger partial charge is 0.230 e. The fourth-order valence-electron chi connectivity index (χ4n) is 2.11. The van der Waals surface area contributed by atoms with E-state index in [1.165, 1.54) is 18.2 Å². The molecule has 21 heavy (non-hydrogen) atoms. The average Bonchev–Trinajstić information content (AvgIpc) is 2.49. The Bertz CT molecular complexity index is 830. The SMILES string of the molecule is Cc1cc(F)ccc1Oc1nc2ccccc2cc1C=O. The van der Waals surface area contributed by atoms with E-state index in [-0.39, 0.29) is 11.7 Å². The number of carbonyl (C=O) groups excluding carboxylic acids is 1. The lowest BCUT2D eigenvalue weighted by atomic mass is 10.1. The molecule has 0 bridgehead atoms. The van der Waals surface area contributed by atoms with Crippen molar-refractivity contribution in [2.24, 2.45) is 0 Å². The Balaban J connectivity index is 2.08. The third-order valence-corrected chi connectivity index (χ3v) is 3.19. The lowest BCUT2D eigenvalue weighted by Crippen LogP contribution is -1.96. The van der Waals surface area contributed by atoms with Gasteiger partial charge in [-0.1, -0.05) is 18.2 Å². The van der Waals surface area contributed by atoms with Gasteiger partial charge in [-0.15, -0.1) is 0 Å². The van der Waals surface area contributed by atoms with Gasteiger partial charge >= 0.3 is 0 Å². The van der Waals surface area contributed by atoms with Crippen LogP contribution in [0.1, 0.15) is 15.9 Å². The average molecular weight is 281 g/mol. The maximum Gasteiger partial charge on any atom is 0.230 e. The molecule has 3 aromatic rings. The topological polar surface area (TPSA) is 39.2 Å². The van der Waals surface area contributed by atoms with Gasteiger partial charge in [-0.25, -0.2) is 9.37 Å². The van der Waals surface area contributed by atoms with Gasteiger partial charge in [0.15, 0.2) is 6.29 Å². The number of ether oxygens (including phenoxy) is 1. The van der Waals surface area contributed by atoms with Crippen LogP contribution < -0.4 is 4.74 Å². The molecule has 104 valence electrons. The summed E-state index contributed by atoms with van der Waals surface area (Å²) in [6, 6.07) is 13.4. The molecule has 1 heterocycles. The van der Waals surface area contributed by atoms with Crippen molar-refractivity contribution in [3.05, 3.63) is 65.5 Å². The van der Waals surface area contributed by atoms with Crippen LogP contribution in [-0.2, 0) is 0 Å². The minimum Gasteiger partial charge on any atom is -0.438 e. The zero-order chi connectivity index (χ0) is 14.8. The van der Waals surface area contributed by atoms with Crippen molar-refractivity contribution in [3.63, 3.8) is 0 Å². The van der Waals surface area contributed by atoms with Gasteiger partial charge in [-0.2, -0.15) is 0 Å². The van der Waals surface area contributed by atoms with Crippen LogP contribution in [0.2, 0.25) is 0 Å². The molecule has 0 amide bonds. The summed E-state index contributed by atoms with van der Waals surface area (Å²) < 4.78 is 18.8. The number of rotatable bonds is 3. The van der Waals surface area contributed by atoms with Crippen molar-refractivity contribution in [1.29, 1.82) is 0 Å². The predicted molar refractivity (Wildman–Crippen MR) is 78.3 cm³/mol. The second-order valence-electron chi connectivity index (χ2n) is 4.71. The molecule has 1 aromatic heterocycles. The summed E-state index contributed by atoms with van der Waals surface area (Å²) in [5, 5.41) is 0.864. The van der Waals surface area contributed by atoms with E-state index in [9.17, 15) is 9.18 Å². The van der Waals surface area contributed by atoms with E-state index in [0.717, 1.165) is 10.9 Å². The summed E-state index contributed by atoms with van der Waals surface area (Å²) in [6.45, 7) is 1.74. The van der Waals surface area contributed by atoms with Crippen molar-refractivity contribution in [1.82, 2.24) is 4.98 Å². The second kappa shape index (κ2) is 5.32. The van der Waals surface area contributed by atoms with Crippen molar-refractivity contribution < 1.29 is 13.9 Å². The number of pyridine rings is 1. The van der Waals surface area contributed by atoms with Gasteiger partial charge in [0, 0.05) is 5.39 Å². The number of para-hydroxylation sites is 1. The standard InChI is InChI=1S/C17H12FNO2/c1-11-8-14(18)6-7-16(11)21-17-13(10-20)9-12-4-2-3-5-15(12)19-17/h2-10H,1H3. The molecule has 0 unspecified atom stereocenters. The minimum absolute atomic E-state index is 0.221. The predicted octanol–water partition coefficient (Wildman–Crippen LogP) is 4.29. The molecule has 0 aliphatic carbocycles. The van der Waals surface area contributed by atoms with E-state index in [0.29, 0.717) is 23.2 Å². The zero-order valence-electron chi connectivity index (χ0n) is 11.3. The van der Waals surface area contributed by atoms with Crippen LogP contribution in [-0.4, -0.2) is 11.3 Å². The summed E-state index contributed by atoms with van der Waals surface area (Å²) in [6.07, 6.45) is 0.702. The van der Waals surface area contributed by atoms with Crippen LogP contribution in [0, 0.1) is 12.7 Å². The van der Waals surface area contributed by atoms with Crippen LogP contribution in [0.3, 0.4) is 0 Å². The number of nitrogens with zero attached hydrogens (tertiary/aromatic N) is 1. The van der Waals surface area contributed by atoms with E-state index in [1.807, 2.05) is 24.3 Å². The molecule has 0 radical (unpaired) electrons. The van der Waals surface area contributed by atoms with Gasteiger partial charge < -0.3 is 4.74 Å². The summed E-state index contributed by atoms with van der Waals surface area (Å²) in [7, 11) is 0. The van der Waals surface area contributed by atoms with E-state index >= 15 is 0 Å². The van der Waals surface area contributed by atoms with Crippen LogP contribution in [0.25, 0.3) is 10.9 Å². The molecule has 4 heteroatoms. The molecule has 0 aliphatic heterocycles. The Hall–Kier alpha value is -2.75. The van der Waals surface area contributed by atoms with Crippen molar-refractivity contribution >= 4 is 17.2 Å². The molecular weight excluding hydrogens is 269 g/mol. The number of aryl methyl sites for hydroxylation is 1. The molecule has 0 aliphatic rings. The highest BCUT2D eigenvalue weighted by atomic mass is 19.1. The number of aromatic nitrogens is 1. The number of hydrogen-bond donors (Lipinski definition) is 0. The molecule has 0 spiro atoms. The number of aldehydes is 1. The fourth-order valence-corrected chi connectivity index (χ4v) is 2.11. The summed E-state index contributed by atoms with van der Waals surface area (Å²) in [5.41, 5.74) is 1.73. The molecule has 0 N–H and O–H groups in total. The lowest BCUT2D eigenvalue weighted by Gasteiger charge is -2.10. The van der Waals surface area contributed by atoms with E-state index in [1.54, 1.807) is 13.0 Å². The quantitative estimate of drug-likeness (QED) is 0.672. The van der Waals surface area contributed by atoms with E-state index in [2.05, 4.69) is 4.98 Å². The van der Waals surface area contributed by atoms with Crippen LogP contribution in [0.4, 0.5) is 4.39 Å². The highest BCUT2D eigenvalue weighted by molar-refractivity contribution is 5.88. The first kappa shape index (κ1) is 13.2. The Labute approximate surface area is 121 Å². The van der Waals surface area contributed by atoms with E-state index in [4.69, 9.17) is 4.74 Å². The van der Waals surface area contributed by atoms with Crippen molar-refractivity contribution in [2.75, 3.05) is 0 Å². The van der Waals surface area contributed by atoms with Gasteiger partial charge in [0.2, 0.25) is 5.88 Å². The highest BCUT2D eigenvalue weighted by Crippen LogP contribution is 2.28. The minimum atomic E-state index is -0.332. The summed E-state index contributed by atoms with van der Waals surface area (Å²) in [4.78, 5) is 15.6. The number of halogens is 1. The molecule has 2 aromatic carbocycles. The van der Waals surface area contributed by atoms with Crippen molar-refractivity contribution in [2.45, 2.75) is 6.92 Å². The number of benzene rings is 2. The Morgan fingerprint density at radius 2 is 1.95 bits per heavy atom. The van der Waals surface area contributed by atoms with E-state index < -0.39 is 0 Å². The molecule has 3 rings (SSSR count). The first-order chi connectivity index (χ1) is 10.2. The van der Waals surface area contributed by atoms with Gasteiger partial charge in [0.1, 0.15) is 11.6 Å². The number of fused-ring (bicyclic) bond motifs is 1. The number of hydrogen-bond acceptors (Lipinski definition) is 3. The third-order valence-electron chi connectivity index (χ3n) is 3.19. The Morgan fingerprint density at radius 1 is 1.14 bits per heavy atom. The normalized spacial score (nSPS) is 10.6. The fraction of sp³-hybridized carbons (Fsp3) is 0.0588. The van der Waals surface area contributed by atoms with Crippen LogP contribution in [0.15, 0.2) is 48.5 Å². The molecule has 0 fully saturated rings. The highest BCUT2D eigenvalue weighted by Gasteiger charge is 2.10. The maximum atomic E-state index is 13.1. The number of carbonyl (C=O) groups is 1. The molecule has 0 atom stereocenters. The first-order valence-electron chi connectivity index (χ1n) is 6.46. The second-order valence-corrected chi connectivity index (χ2v) is 4.71. The summed E-state index contributed by atoms with van der Waals surface area (Å²) in [5.74, 6) is 0.364. The van der Waals surface area contributed by atoms with Gasteiger partial charge in [-0.05, 0) is 42.8 Å². The lowest BCUT2D eigenvalue weighted by molar-refractivity contribution is 0.112. The maximum absolute atomic E-state index is 13.1. The Morgan fingerprint density at radius 3 is 2.71 bits per heavy atom. The van der Waals surface area contributed by atoms with Crippen molar-refractivity contribution in [3.8, 4) is 11.6 Å². The zero-order valence-corrected chi connectivity index (χ0v) is 11.3. The molecule has 0 saturated heterocycles. The summed E-state index contributed by atoms with van der Waals surface area (Å²) >= 11 is 0. The monoisotopic (exact) mass is 281 g/mol. The molecule has 0 saturated carbocycles. The Kier molecular flexibility index (Phi) is 3.36. The molecular formula is C17H12FNO2. The van der Waals surface area contributed by atoms with Gasteiger partial charge in [-0.3, -0.25) is 4.79 Å². The van der Waals surface area contributed by atoms with Crippen LogP contribution >= 0.6 is 0 Å². The third kappa shape index (κ3) is 2.60. The van der Waals surface area contributed by atoms with Crippen LogP contribution in [0.5, 0.6) is 11.6 Å². The largest absolute Gasteiger partial charge is 0.438 e.